The molecular formula is C15H17N3O3S2. The van der Waals surface area contributed by atoms with Crippen molar-refractivity contribution in [3.8, 4) is 0 Å². The molecule has 0 radical (unpaired) electrons. The summed E-state index contributed by atoms with van der Waals surface area (Å²) in [5, 5.41) is 2.74. The highest BCUT2D eigenvalue weighted by molar-refractivity contribution is 7.89. The van der Waals surface area contributed by atoms with E-state index in [0.29, 0.717) is 12.8 Å². The molecule has 1 aromatic heterocycles. The van der Waals surface area contributed by atoms with Crippen LogP contribution in [-0.2, 0) is 27.7 Å². The van der Waals surface area contributed by atoms with Gasteiger partial charge >= 0.3 is 0 Å². The average Bonchev–Trinajstić information content (AvgIpc) is 2.91. The number of nitrogens with one attached hydrogen (secondary N) is 2. The fraction of sp³-hybridized carbons (Fsp3) is 0.333. The highest BCUT2D eigenvalue weighted by Gasteiger charge is 2.29. The van der Waals surface area contributed by atoms with Gasteiger partial charge in [-0.15, -0.1) is 11.3 Å². The molecule has 0 saturated carbocycles. The molecule has 2 heterocycles. The van der Waals surface area contributed by atoms with Crippen LogP contribution in [0.1, 0.15) is 16.1 Å². The summed E-state index contributed by atoms with van der Waals surface area (Å²) < 4.78 is 27.0. The highest BCUT2D eigenvalue weighted by Crippen LogP contribution is 2.22. The lowest BCUT2D eigenvalue weighted by molar-refractivity contribution is -0.118. The zero-order valence-electron chi connectivity index (χ0n) is 12.6. The van der Waals surface area contributed by atoms with Crippen LogP contribution in [0.25, 0.3) is 0 Å². The fourth-order valence-corrected chi connectivity index (χ4v) is 4.64. The number of nitrogens with zero attached hydrogens (tertiary/aromatic N) is 1. The molecule has 23 heavy (non-hydrogen) atoms. The molecular weight excluding hydrogens is 334 g/mol. The number of para-hydroxylation sites is 1. The van der Waals surface area contributed by atoms with Crippen molar-refractivity contribution in [2.45, 2.75) is 25.8 Å². The van der Waals surface area contributed by atoms with E-state index in [9.17, 15) is 13.2 Å². The molecule has 1 amide bonds. The van der Waals surface area contributed by atoms with Crippen molar-refractivity contribution in [3.05, 3.63) is 45.9 Å². The zero-order valence-corrected chi connectivity index (χ0v) is 14.2. The molecule has 1 aliphatic rings. The topological polar surface area (TPSA) is 88.2 Å². The second-order valence-electron chi connectivity index (χ2n) is 5.45. The number of carbonyl (C=O) groups excluding carboxylic acids is 1. The molecule has 0 saturated heterocycles. The third-order valence-corrected chi connectivity index (χ3v) is 6.16. The molecule has 2 aromatic rings. The number of thiazole rings is 1. The van der Waals surface area contributed by atoms with Crippen molar-refractivity contribution >= 4 is 33.0 Å². The van der Waals surface area contributed by atoms with Gasteiger partial charge < -0.3 is 5.32 Å². The molecule has 1 aromatic carbocycles. The van der Waals surface area contributed by atoms with Gasteiger partial charge in [-0.25, -0.2) is 18.1 Å². The quantitative estimate of drug-likeness (QED) is 0.854. The van der Waals surface area contributed by atoms with E-state index < -0.39 is 16.1 Å². The second-order valence-corrected chi connectivity index (χ2v) is 8.26. The van der Waals surface area contributed by atoms with Crippen LogP contribution < -0.4 is 10.0 Å². The second kappa shape index (κ2) is 6.38. The van der Waals surface area contributed by atoms with Gasteiger partial charge in [0.05, 0.1) is 17.0 Å². The number of hydrogen-bond acceptors (Lipinski definition) is 5. The summed E-state index contributed by atoms with van der Waals surface area (Å²) in [4.78, 5) is 17.1. The standard InChI is InChI=1S/C15H17N3O3S2/c1-10-14(22-9-16-10)6-7-23(20,21)18-13-8-11-4-2-3-5-12(11)17-15(13)19/h2-5,9,13,18H,6-8H2,1H3,(H,17,19). The van der Waals surface area contributed by atoms with Gasteiger partial charge in [-0.1, -0.05) is 18.2 Å². The molecule has 0 spiro atoms. The van der Waals surface area contributed by atoms with Crippen LogP contribution >= 0.6 is 11.3 Å². The Morgan fingerprint density at radius 2 is 2.17 bits per heavy atom. The van der Waals surface area contributed by atoms with Gasteiger partial charge in [0.25, 0.3) is 0 Å². The Bertz CT molecular complexity index is 830. The van der Waals surface area contributed by atoms with E-state index in [1.165, 1.54) is 11.3 Å². The molecule has 8 heteroatoms. The number of fused-ring (bicyclic) bond motifs is 1. The van der Waals surface area contributed by atoms with Crippen LogP contribution in [0.5, 0.6) is 0 Å². The van der Waals surface area contributed by atoms with Crippen molar-refractivity contribution < 1.29 is 13.2 Å². The summed E-state index contributed by atoms with van der Waals surface area (Å²) in [6.07, 6.45) is 0.761. The van der Waals surface area contributed by atoms with Crippen LogP contribution in [0.3, 0.4) is 0 Å². The molecule has 2 N–H and O–H groups in total. The van der Waals surface area contributed by atoms with E-state index in [1.54, 1.807) is 5.51 Å². The number of benzene rings is 1. The zero-order chi connectivity index (χ0) is 16.4. The lowest BCUT2D eigenvalue weighted by atomic mass is 10.00. The van der Waals surface area contributed by atoms with E-state index in [4.69, 9.17) is 0 Å². The van der Waals surface area contributed by atoms with Crippen molar-refractivity contribution in [2.75, 3.05) is 11.1 Å². The van der Waals surface area contributed by atoms with E-state index in [0.717, 1.165) is 21.8 Å². The molecule has 6 nitrogen and oxygen atoms in total. The molecule has 1 aliphatic heterocycles. The molecule has 3 rings (SSSR count). The summed E-state index contributed by atoms with van der Waals surface area (Å²) in [6.45, 7) is 1.86. The number of amides is 1. The number of sulfonamides is 1. The fourth-order valence-electron chi connectivity index (χ4n) is 2.52. The summed E-state index contributed by atoms with van der Waals surface area (Å²) in [6, 6.07) is 6.63. The third kappa shape index (κ3) is 3.77. The molecule has 0 fully saturated rings. The molecule has 0 bridgehead atoms. The van der Waals surface area contributed by atoms with E-state index in [2.05, 4.69) is 15.0 Å². The van der Waals surface area contributed by atoms with Crippen molar-refractivity contribution in [1.82, 2.24) is 9.71 Å². The maximum atomic E-state index is 12.3. The molecule has 122 valence electrons. The summed E-state index contributed by atoms with van der Waals surface area (Å²) in [5.41, 5.74) is 4.23. The lowest BCUT2D eigenvalue weighted by Gasteiger charge is -2.25. The normalized spacial score (nSPS) is 17.6. The molecule has 1 unspecified atom stereocenters. The maximum Gasteiger partial charge on any atom is 0.242 e. The van der Waals surface area contributed by atoms with Crippen molar-refractivity contribution in [3.63, 3.8) is 0 Å². The Balaban J connectivity index is 1.66. The van der Waals surface area contributed by atoms with E-state index >= 15 is 0 Å². The van der Waals surface area contributed by atoms with Crippen molar-refractivity contribution in [1.29, 1.82) is 0 Å². The summed E-state index contributed by atoms with van der Waals surface area (Å²) >= 11 is 1.44. The van der Waals surface area contributed by atoms with Gasteiger partial charge in [-0.3, -0.25) is 4.79 Å². The predicted octanol–water partition coefficient (Wildman–Crippen LogP) is 1.48. The number of hydrogen-bond donors (Lipinski definition) is 2. The SMILES string of the molecule is Cc1ncsc1CCS(=O)(=O)NC1Cc2ccccc2NC1=O. The number of anilines is 1. The summed E-state index contributed by atoms with van der Waals surface area (Å²) in [7, 11) is -3.54. The first-order valence-electron chi connectivity index (χ1n) is 7.22. The van der Waals surface area contributed by atoms with Crippen LogP contribution in [0.2, 0.25) is 0 Å². The minimum absolute atomic E-state index is 0.0541. The van der Waals surface area contributed by atoms with Crippen LogP contribution in [0.4, 0.5) is 5.69 Å². The number of aromatic nitrogens is 1. The van der Waals surface area contributed by atoms with Gasteiger partial charge in [0.2, 0.25) is 15.9 Å². The first-order valence-corrected chi connectivity index (χ1v) is 9.75. The Kier molecular flexibility index (Phi) is 4.47. The van der Waals surface area contributed by atoms with Crippen LogP contribution in [0.15, 0.2) is 29.8 Å². The largest absolute Gasteiger partial charge is 0.324 e. The third-order valence-electron chi connectivity index (χ3n) is 3.78. The van der Waals surface area contributed by atoms with Gasteiger partial charge in [-0.05, 0) is 31.4 Å². The monoisotopic (exact) mass is 351 g/mol. The smallest absolute Gasteiger partial charge is 0.242 e. The highest BCUT2D eigenvalue weighted by atomic mass is 32.2. The minimum atomic E-state index is -3.54. The van der Waals surface area contributed by atoms with Crippen molar-refractivity contribution in [2.24, 2.45) is 0 Å². The number of carbonyl (C=O) groups is 1. The van der Waals surface area contributed by atoms with E-state index in [-0.39, 0.29) is 11.7 Å². The Morgan fingerprint density at radius 1 is 1.39 bits per heavy atom. The summed E-state index contributed by atoms with van der Waals surface area (Å²) in [5.74, 6) is -0.372. The van der Waals surface area contributed by atoms with E-state index in [1.807, 2.05) is 31.2 Å². The van der Waals surface area contributed by atoms with Crippen LogP contribution in [-0.4, -0.2) is 31.1 Å². The van der Waals surface area contributed by atoms with Gasteiger partial charge in [0.15, 0.2) is 0 Å². The predicted molar refractivity (Wildman–Crippen MR) is 90.0 cm³/mol. The Labute approximate surface area is 139 Å². The first kappa shape index (κ1) is 16.1. The van der Waals surface area contributed by atoms with Gasteiger partial charge in [-0.2, -0.15) is 0 Å². The maximum absolute atomic E-state index is 12.3. The molecule has 1 atom stereocenters. The Hall–Kier alpha value is -1.77. The van der Waals surface area contributed by atoms with Gasteiger partial charge in [0.1, 0.15) is 6.04 Å². The first-order chi connectivity index (χ1) is 10.9. The lowest BCUT2D eigenvalue weighted by Crippen LogP contribution is -2.48. The number of aryl methyl sites for hydroxylation is 2. The average molecular weight is 351 g/mol. The Morgan fingerprint density at radius 3 is 2.91 bits per heavy atom. The minimum Gasteiger partial charge on any atom is -0.324 e. The number of rotatable bonds is 5. The van der Waals surface area contributed by atoms with Gasteiger partial charge in [0, 0.05) is 10.6 Å². The van der Waals surface area contributed by atoms with Crippen LogP contribution in [0, 0.1) is 6.92 Å². The molecule has 0 aliphatic carbocycles.